The SMILES string of the molecule is CCOC(=O)c1cnc(N[C@H]2C[C@@H](CC)N(C(=O)OCC)c3ccc(OC)nc32)c(Cc2cc(C(F)(F)F)cc(C(F)(F)F)c2)c1. The van der Waals surface area contributed by atoms with Crippen LogP contribution >= 0.6 is 0 Å². The Hall–Kier alpha value is -4.56. The van der Waals surface area contributed by atoms with Crippen molar-refractivity contribution < 1.29 is 50.1 Å². The number of alkyl halides is 6. The highest BCUT2D eigenvalue weighted by Crippen LogP contribution is 2.41. The van der Waals surface area contributed by atoms with E-state index in [4.69, 9.17) is 14.2 Å². The Morgan fingerprint density at radius 1 is 0.957 bits per heavy atom. The van der Waals surface area contributed by atoms with Gasteiger partial charge in [0.05, 0.1) is 54.4 Å². The van der Waals surface area contributed by atoms with Gasteiger partial charge in [-0.05, 0) is 68.1 Å². The van der Waals surface area contributed by atoms with Crippen molar-refractivity contribution in [1.82, 2.24) is 9.97 Å². The monoisotopic (exact) mass is 654 g/mol. The smallest absolute Gasteiger partial charge is 0.416 e. The number of fused-ring (bicyclic) bond motifs is 1. The summed E-state index contributed by atoms with van der Waals surface area (Å²) in [7, 11) is 1.41. The zero-order valence-electron chi connectivity index (χ0n) is 25.4. The highest BCUT2D eigenvalue weighted by atomic mass is 19.4. The lowest BCUT2D eigenvalue weighted by Crippen LogP contribution is -2.46. The molecule has 0 unspecified atom stereocenters. The number of nitrogens with zero attached hydrogens (tertiary/aromatic N) is 3. The van der Waals surface area contributed by atoms with Crippen molar-refractivity contribution in [3.63, 3.8) is 0 Å². The van der Waals surface area contributed by atoms with Crippen LogP contribution in [-0.4, -0.2) is 48.4 Å². The first-order valence-corrected chi connectivity index (χ1v) is 14.4. The predicted octanol–water partition coefficient (Wildman–Crippen LogP) is 7.59. The topological polar surface area (TPSA) is 103 Å². The Bertz CT molecular complexity index is 1550. The quantitative estimate of drug-likeness (QED) is 0.186. The standard InChI is InChI=1S/C31H32F6N4O5/c1-5-22-15-23(26-24(8-9-25(40-26)44-4)41(22)29(43)46-7-3)39-27-18(13-19(16-38-27)28(42)45-6-2)10-17-11-20(30(32,33)34)14-21(12-17)31(35,36)37/h8-9,11-14,16,22-23H,5-7,10,15H2,1-4H3,(H,38,39)/t22-,23+/m1/s1. The molecule has 46 heavy (non-hydrogen) atoms. The number of aromatic nitrogens is 2. The van der Waals surface area contributed by atoms with Gasteiger partial charge in [-0.15, -0.1) is 0 Å². The van der Waals surface area contributed by atoms with Crippen LogP contribution in [0.4, 0.5) is 42.6 Å². The summed E-state index contributed by atoms with van der Waals surface area (Å²) in [5.41, 5.74) is -2.37. The van der Waals surface area contributed by atoms with Gasteiger partial charge in [-0.2, -0.15) is 26.3 Å². The van der Waals surface area contributed by atoms with Gasteiger partial charge >= 0.3 is 24.4 Å². The first-order chi connectivity index (χ1) is 21.7. The van der Waals surface area contributed by atoms with Crippen LogP contribution in [0.3, 0.4) is 0 Å². The Kier molecular flexibility index (Phi) is 10.3. The Labute approximate surface area is 260 Å². The van der Waals surface area contributed by atoms with Crippen molar-refractivity contribution in [2.75, 3.05) is 30.5 Å². The summed E-state index contributed by atoms with van der Waals surface area (Å²) in [5, 5.41) is 3.22. The number of carbonyl (C=O) groups is 2. The van der Waals surface area contributed by atoms with Crippen LogP contribution in [0.1, 0.15) is 78.0 Å². The highest BCUT2D eigenvalue weighted by Gasteiger charge is 2.39. The van der Waals surface area contributed by atoms with Gasteiger partial charge in [0.25, 0.3) is 0 Å². The van der Waals surface area contributed by atoms with E-state index in [0.29, 0.717) is 29.9 Å². The van der Waals surface area contributed by atoms with E-state index in [1.807, 2.05) is 6.92 Å². The molecule has 1 aliphatic heterocycles. The van der Waals surface area contributed by atoms with Gasteiger partial charge in [-0.1, -0.05) is 6.92 Å². The Morgan fingerprint density at radius 3 is 2.17 bits per heavy atom. The van der Waals surface area contributed by atoms with Gasteiger partial charge < -0.3 is 19.5 Å². The van der Waals surface area contributed by atoms with Gasteiger partial charge in [-0.25, -0.2) is 19.6 Å². The number of halogens is 6. The van der Waals surface area contributed by atoms with Gasteiger partial charge in [0.1, 0.15) is 5.82 Å². The van der Waals surface area contributed by atoms with Crippen molar-refractivity contribution in [2.45, 2.75) is 64.5 Å². The molecule has 0 aliphatic carbocycles. The van der Waals surface area contributed by atoms with E-state index >= 15 is 0 Å². The van der Waals surface area contributed by atoms with Crippen molar-refractivity contribution >= 4 is 23.6 Å². The summed E-state index contributed by atoms with van der Waals surface area (Å²) in [6.45, 7) is 5.29. The molecular weight excluding hydrogens is 622 g/mol. The number of pyridine rings is 2. The van der Waals surface area contributed by atoms with Crippen molar-refractivity contribution in [3.05, 3.63) is 76.1 Å². The molecule has 0 spiro atoms. The fraction of sp³-hybridized carbons (Fsp3) is 0.419. The number of rotatable bonds is 9. The van der Waals surface area contributed by atoms with E-state index in [-0.39, 0.29) is 60.1 Å². The molecule has 3 aromatic rings. The molecule has 2 aromatic heterocycles. The van der Waals surface area contributed by atoms with Crippen LogP contribution in [0.15, 0.2) is 42.6 Å². The van der Waals surface area contributed by atoms with Crippen LogP contribution in [0.5, 0.6) is 5.88 Å². The summed E-state index contributed by atoms with van der Waals surface area (Å²) in [6.07, 6.45) is -9.13. The molecule has 0 fully saturated rings. The largest absolute Gasteiger partial charge is 0.481 e. The Balaban J connectivity index is 1.83. The van der Waals surface area contributed by atoms with E-state index in [0.717, 1.165) is 0 Å². The molecule has 1 N–H and O–H groups in total. The number of esters is 1. The molecule has 0 saturated heterocycles. The maximum atomic E-state index is 13.6. The van der Waals surface area contributed by atoms with Gasteiger partial charge in [0.15, 0.2) is 0 Å². The molecule has 4 rings (SSSR count). The van der Waals surface area contributed by atoms with E-state index in [9.17, 15) is 35.9 Å². The average Bonchev–Trinajstić information content (AvgIpc) is 3.00. The molecule has 2 atom stereocenters. The van der Waals surface area contributed by atoms with Crippen LogP contribution in [0, 0.1) is 0 Å². The number of anilines is 2. The first-order valence-electron chi connectivity index (χ1n) is 14.4. The van der Waals surface area contributed by atoms with E-state index in [1.165, 1.54) is 24.3 Å². The van der Waals surface area contributed by atoms with E-state index < -0.39 is 48.0 Å². The van der Waals surface area contributed by atoms with Gasteiger partial charge in [0.2, 0.25) is 5.88 Å². The fourth-order valence-corrected chi connectivity index (χ4v) is 5.23. The lowest BCUT2D eigenvalue weighted by Gasteiger charge is -2.39. The van der Waals surface area contributed by atoms with Crippen LogP contribution in [0.25, 0.3) is 0 Å². The summed E-state index contributed by atoms with van der Waals surface area (Å²) >= 11 is 0. The minimum absolute atomic E-state index is 0.0263. The summed E-state index contributed by atoms with van der Waals surface area (Å²) < 4.78 is 97.3. The first kappa shape index (κ1) is 34.3. The third-order valence-corrected chi connectivity index (χ3v) is 7.32. The van der Waals surface area contributed by atoms with Crippen LogP contribution < -0.4 is 15.0 Å². The molecule has 0 saturated carbocycles. The van der Waals surface area contributed by atoms with Gasteiger partial charge in [-0.3, -0.25) is 4.90 Å². The second-order valence-electron chi connectivity index (χ2n) is 10.4. The molecule has 0 bridgehead atoms. The molecule has 1 amide bonds. The second-order valence-corrected chi connectivity index (χ2v) is 10.4. The number of methoxy groups -OCH3 is 1. The summed E-state index contributed by atoms with van der Waals surface area (Å²) in [6, 6.07) is 4.82. The molecule has 1 aromatic carbocycles. The van der Waals surface area contributed by atoms with Crippen LogP contribution in [0.2, 0.25) is 0 Å². The zero-order valence-corrected chi connectivity index (χ0v) is 25.4. The third-order valence-electron chi connectivity index (χ3n) is 7.32. The number of hydrogen-bond acceptors (Lipinski definition) is 8. The maximum absolute atomic E-state index is 13.6. The Morgan fingerprint density at radius 2 is 1.61 bits per heavy atom. The molecule has 1 aliphatic rings. The fourth-order valence-electron chi connectivity index (χ4n) is 5.23. The normalized spacial score (nSPS) is 16.4. The third kappa shape index (κ3) is 7.62. The minimum Gasteiger partial charge on any atom is -0.481 e. The van der Waals surface area contributed by atoms with Crippen molar-refractivity contribution in [3.8, 4) is 5.88 Å². The molecule has 15 heteroatoms. The van der Waals surface area contributed by atoms with Gasteiger partial charge in [0, 0.05) is 24.7 Å². The molecular formula is C31H32F6N4O5. The van der Waals surface area contributed by atoms with Crippen LogP contribution in [-0.2, 0) is 28.2 Å². The average molecular weight is 655 g/mol. The zero-order chi connectivity index (χ0) is 33.8. The number of benzene rings is 1. The van der Waals surface area contributed by atoms with E-state index in [2.05, 4.69) is 15.3 Å². The lowest BCUT2D eigenvalue weighted by atomic mass is 9.93. The number of hydrogen-bond donors (Lipinski definition) is 1. The van der Waals surface area contributed by atoms with E-state index in [1.54, 1.807) is 26.0 Å². The number of ether oxygens (including phenoxy) is 3. The lowest BCUT2D eigenvalue weighted by molar-refractivity contribution is -0.143. The molecule has 248 valence electrons. The minimum atomic E-state index is -5.04. The van der Waals surface area contributed by atoms with Crippen molar-refractivity contribution in [1.29, 1.82) is 0 Å². The number of nitrogens with one attached hydrogen (secondary N) is 1. The summed E-state index contributed by atoms with van der Waals surface area (Å²) in [4.78, 5) is 35.9. The number of carbonyl (C=O) groups excluding carboxylic acids is 2. The van der Waals surface area contributed by atoms with Crippen molar-refractivity contribution in [2.24, 2.45) is 0 Å². The maximum Gasteiger partial charge on any atom is 0.416 e. The highest BCUT2D eigenvalue weighted by molar-refractivity contribution is 5.91. The molecule has 0 radical (unpaired) electrons. The predicted molar refractivity (Wildman–Crippen MR) is 155 cm³/mol. The second kappa shape index (κ2) is 13.8. The molecule has 3 heterocycles. The molecule has 9 nitrogen and oxygen atoms in total. The number of amides is 1. The summed E-state index contributed by atoms with van der Waals surface area (Å²) in [5.74, 6) is -0.453.